The third-order valence-corrected chi connectivity index (χ3v) is 1.53. The average Bonchev–Trinajstić information content (AvgIpc) is 2.45. The predicted octanol–water partition coefficient (Wildman–Crippen LogP) is -0.404. The molecule has 0 aliphatic carbocycles. The predicted molar refractivity (Wildman–Crippen MR) is 41.8 cm³/mol. The van der Waals surface area contributed by atoms with Gasteiger partial charge in [-0.05, 0) is 0 Å². The first-order valence-corrected chi connectivity index (χ1v) is 3.39. The number of aromatic nitrogens is 2. The van der Waals surface area contributed by atoms with Gasteiger partial charge in [-0.15, -0.1) is 0 Å². The standard InChI is InChI=1S/C6H5N3O5/c1-8-4(5(10)6(11)12)3(2-7-8)9(13)14/h2H,1H3,(H,11,12). The van der Waals surface area contributed by atoms with Crippen molar-refractivity contribution in [1.29, 1.82) is 0 Å². The number of nitro groups is 1. The fourth-order valence-electron chi connectivity index (χ4n) is 0.924. The number of carbonyl (C=O) groups is 2. The Morgan fingerprint density at radius 3 is 2.64 bits per heavy atom. The molecule has 1 N–H and O–H groups in total. The molecule has 0 saturated heterocycles. The summed E-state index contributed by atoms with van der Waals surface area (Å²) in [5.74, 6) is -3.10. The second kappa shape index (κ2) is 3.24. The normalized spacial score (nSPS) is 9.79. The Hall–Kier alpha value is -2.25. The molecule has 0 saturated carbocycles. The Kier molecular flexibility index (Phi) is 2.28. The van der Waals surface area contributed by atoms with Gasteiger partial charge in [-0.1, -0.05) is 0 Å². The van der Waals surface area contributed by atoms with Crippen LogP contribution in [-0.2, 0) is 11.8 Å². The minimum atomic E-state index is -1.75. The van der Waals surface area contributed by atoms with E-state index in [1.54, 1.807) is 0 Å². The third-order valence-electron chi connectivity index (χ3n) is 1.53. The van der Waals surface area contributed by atoms with E-state index in [0.717, 1.165) is 10.9 Å². The Morgan fingerprint density at radius 1 is 1.64 bits per heavy atom. The van der Waals surface area contributed by atoms with Gasteiger partial charge in [0.1, 0.15) is 6.20 Å². The highest BCUT2D eigenvalue weighted by atomic mass is 16.6. The summed E-state index contributed by atoms with van der Waals surface area (Å²) in [5, 5.41) is 22.2. The van der Waals surface area contributed by atoms with Crippen LogP contribution in [0.1, 0.15) is 10.5 Å². The summed E-state index contributed by atoms with van der Waals surface area (Å²) in [6.07, 6.45) is 0.830. The van der Waals surface area contributed by atoms with Crippen molar-refractivity contribution in [2.24, 2.45) is 7.05 Å². The molecule has 0 bridgehead atoms. The lowest BCUT2D eigenvalue weighted by atomic mass is 10.2. The van der Waals surface area contributed by atoms with E-state index < -0.39 is 28.1 Å². The van der Waals surface area contributed by atoms with Crippen LogP contribution in [0, 0.1) is 10.1 Å². The van der Waals surface area contributed by atoms with Crippen LogP contribution in [-0.4, -0.2) is 31.6 Å². The molecule has 8 nitrogen and oxygen atoms in total. The zero-order chi connectivity index (χ0) is 10.9. The summed E-state index contributed by atoms with van der Waals surface area (Å²) >= 11 is 0. The van der Waals surface area contributed by atoms with Gasteiger partial charge in [-0.3, -0.25) is 19.6 Å². The van der Waals surface area contributed by atoms with E-state index in [-0.39, 0.29) is 0 Å². The van der Waals surface area contributed by atoms with Crippen molar-refractivity contribution >= 4 is 17.4 Å². The molecule has 8 heteroatoms. The van der Waals surface area contributed by atoms with Gasteiger partial charge in [-0.25, -0.2) is 4.79 Å². The van der Waals surface area contributed by atoms with Crippen LogP contribution in [0.4, 0.5) is 5.69 Å². The molecular weight excluding hydrogens is 194 g/mol. The highest BCUT2D eigenvalue weighted by Gasteiger charge is 2.29. The monoisotopic (exact) mass is 199 g/mol. The Morgan fingerprint density at radius 2 is 2.21 bits per heavy atom. The maximum absolute atomic E-state index is 11.0. The van der Waals surface area contributed by atoms with Crippen LogP contribution in [0.25, 0.3) is 0 Å². The largest absolute Gasteiger partial charge is 0.475 e. The molecule has 0 atom stereocenters. The van der Waals surface area contributed by atoms with E-state index in [1.165, 1.54) is 7.05 Å². The number of aliphatic carboxylic acids is 1. The highest BCUT2D eigenvalue weighted by molar-refractivity contribution is 6.40. The van der Waals surface area contributed by atoms with E-state index >= 15 is 0 Å². The average molecular weight is 199 g/mol. The van der Waals surface area contributed by atoms with Crippen molar-refractivity contribution in [1.82, 2.24) is 9.78 Å². The molecule has 0 spiro atoms. The number of nitrogens with zero attached hydrogens (tertiary/aromatic N) is 3. The van der Waals surface area contributed by atoms with Gasteiger partial charge in [-0.2, -0.15) is 5.10 Å². The molecule has 0 fully saturated rings. The zero-order valence-corrected chi connectivity index (χ0v) is 7.00. The van der Waals surface area contributed by atoms with E-state index in [9.17, 15) is 19.7 Å². The van der Waals surface area contributed by atoms with E-state index in [4.69, 9.17) is 5.11 Å². The van der Waals surface area contributed by atoms with Crippen molar-refractivity contribution in [2.75, 3.05) is 0 Å². The van der Waals surface area contributed by atoms with Gasteiger partial charge < -0.3 is 5.11 Å². The Balaban J connectivity index is 3.31. The second-order valence-corrected chi connectivity index (χ2v) is 2.39. The summed E-state index contributed by atoms with van der Waals surface area (Å²) < 4.78 is 0.856. The molecule has 1 heterocycles. The highest BCUT2D eigenvalue weighted by Crippen LogP contribution is 2.17. The molecular formula is C6H5N3O5. The smallest absolute Gasteiger partial charge is 0.379 e. The molecule has 0 aromatic carbocycles. The maximum atomic E-state index is 11.0. The van der Waals surface area contributed by atoms with Crippen LogP contribution in [0.3, 0.4) is 0 Å². The first-order chi connectivity index (χ1) is 6.45. The molecule has 0 aliphatic rings. The lowest BCUT2D eigenvalue weighted by Gasteiger charge is -1.95. The molecule has 14 heavy (non-hydrogen) atoms. The van der Waals surface area contributed by atoms with Crippen LogP contribution in [0.15, 0.2) is 6.20 Å². The van der Waals surface area contributed by atoms with E-state index in [1.807, 2.05) is 0 Å². The molecule has 1 aromatic heterocycles. The van der Waals surface area contributed by atoms with Gasteiger partial charge in [0.15, 0.2) is 5.69 Å². The zero-order valence-electron chi connectivity index (χ0n) is 7.00. The summed E-state index contributed by atoms with van der Waals surface area (Å²) in [4.78, 5) is 30.8. The van der Waals surface area contributed by atoms with Gasteiger partial charge in [0.2, 0.25) is 0 Å². The maximum Gasteiger partial charge on any atom is 0.379 e. The fourth-order valence-corrected chi connectivity index (χ4v) is 0.924. The quantitative estimate of drug-likeness (QED) is 0.306. The van der Waals surface area contributed by atoms with Crippen molar-refractivity contribution in [3.05, 3.63) is 22.0 Å². The molecule has 1 aromatic rings. The molecule has 0 amide bonds. The van der Waals surface area contributed by atoms with Gasteiger partial charge in [0, 0.05) is 7.05 Å². The Labute approximate surface area is 76.9 Å². The minimum absolute atomic E-state index is 0.539. The van der Waals surface area contributed by atoms with Crippen molar-refractivity contribution in [2.45, 2.75) is 0 Å². The van der Waals surface area contributed by atoms with Gasteiger partial charge >= 0.3 is 11.7 Å². The number of aryl methyl sites for hydroxylation is 1. The van der Waals surface area contributed by atoms with Crippen LogP contribution in [0.2, 0.25) is 0 Å². The summed E-state index contributed by atoms with van der Waals surface area (Å²) in [5.41, 5.74) is -1.15. The molecule has 74 valence electrons. The van der Waals surface area contributed by atoms with Crippen LogP contribution in [0.5, 0.6) is 0 Å². The number of carboxylic acids is 1. The molecule has 0 aliphatic heterocycles. The molecule has 0 unspecified atom stereocenters. The Bertz CT molecular complexity index is 421. The number of carboxylic acid groups (broad SMARTS) is 1. The van der Waals surface area contributed by atoms with Crippen molar-refractivity contribution in [3.8, 4) is 0 Å². The SMILES string of the molecule is Cn1ncc([N+](=O)[O-])c1C(=O)C(=O)O. The summed E-state index contributed by atoms with van der Waals surface area (Å²) in [6.45, 7) is 0. The van der Waals surface area contributed by atoms with E-state index in [0.29, 0.717) is 0 Å². The lowest BCUT2D eigenvalue weighted by molar-refractivity contribution is -0.385. The first-order valence-electron chi connectivity index (χ1n) is 3.39. The van der Waals surface area contributed by atoms with Crippen LogP contribution < -0.4 is 0 Å². The molecule has 1 rings (SSSR count). The lowest BCUT2D eigenvalue weighted by Crippen LogP contribution is -2.18. The van der Waals surface area contributed by atoms with E-state index in [2.05, 4.69) is 5.10 Å². The number of Topliss-reactive ketones (excluding diaryl/α,β-unsaturated/α-hetero) is 1. The third kappa shape index (κ3) is 1.44. The number of carbonyl (C=O) groups excluding carboxylic acids is 1. The number of hydrogen-bond donors (Lipinski definition) is 1. The fraction of sp³-hybridized carbons (Fsp3) is 0.167. The van der Waals surface area contributed by atoms with Gasteiger partial charge in [0.05, 0.1) is 4.92 Å². The summed E-state index contributed by atoms with van der Waals surface area (Å²) in [7, 11) is 1.25. The number of rotatable bonds is 3. The first kappa shape index (κ1) is 9.84. The molecule has 0 radical (unpaired) electrons. The summed E-state index contributed by atoms with van der Waals surface area (Å²) in [6, 6.07) is 0. The topological polar surface area (TPSA) is 115 Å². The number of hydrogen-bond acceptors (Lipinski definition) is 5. The second-order valence-electron chi connectivity index (χ2n) is 2.39. The van der Waals surface area contributed by atoms with Crippen molar-refractivity contribution < 1.29 is 19.6 Å². The van der Waals surface area contributed by atoms with Crippen molar-refractivity contribution in [3.63, 3.8) is 0 Å². The van der Waals surface area contributed by atoms with Gasteiger partial charge in [0.25, 0.3) is 5.78 Å². The van der Waals surface area contributed by atoms with Crippen LogP contribution >= 0.6 is 0 Å². The number of ketones is 1. The minimum Gasteiger partial charge on any atom is -0.475 e.